The topological polar surface area (TPSA) is 58.2 Å². The molecule has 1 aromatic rings. The van der Waals surface area contributed by atoms with Crippen LogP contribution < -0.4 is 10.6 Å². The fourth-order valence-electron chi connectivity index (χ4n) is 4.30. The van der Waals surface area contributed by atoms with Gasteiger partial charge in [0.15, 0.2) is 0 Å². The van der Waals surface area contributed by atoms with Gasteiger partial charge >= 0.3 is 68.1 Å². The minimum atomic E-state index is 0.0870. The van der Waals surface area contributed by atoms with Crippen molar-refractivity contribution in [3.63, 3.8) is 0 Å². The van der Waals surface area contributed by atoms with Crippen LogP contribution in [0, 0.1) is 11.3 Å². The summed E-state index contributed by atoms with van der Waals surface area (Å²) in [5, 5.41) is 5.92. The van der Waals surface area contributed by atoms with Crippen LogP contribution in [0.5, 0.6) is 0 Å². The Balaban J connectivity index is 0.000000424. The summed E-state index contributed by atoms with van der Waals surface area (Å²) in [5.41, 5.74) is 1.34. The molecule has 168 valence electrons. The Labute approximate surface area is 193 Å². The number of hydrogen-bond donors (Lipinski definition) is 2. The summed E-state index contributed by atoms with van der Waals surface area (Å²) < 4.78 is 3.16. The van der Waals surface area contributed by atoms with E-state index in [0.717, 1.165) is 32.1 Å². The molecule has 4 nitrogen and oxygen atoms in total. The van der Waals surface area contributed by atoms with E-state index in [1.54, 1.807) is 9.45 Å². The first-order valence-corrected chi connectivity index (χ1v) is 13.8. The van der Waals surface area contributed by atoms with Crippen LogP contribution in [0.4, 0.5) is 0 Å². The zero-order valence-electron chi connectivity index (χ0n) is 19.5. The van der Waals surface area contributed by atoms with Crippen molar-refractivity contribution in [3.8, 4) is 0 Å². The van der Waals surface area contributed by atoms with Gasteiger partial charge in [-0.05, 0) is 30.2 Å². The van der Waals surface area contributed by atoms with Gasteiger partial charge in [0.2, 0.25) is 12.8 Å². The first-order chi connectivity index (χ1) is 14.5. The number of unbranched alkanes of at least 4 members (excludes halogenated alkanes) is 2. The summed E-state index contributed by atoms with van der Waals surface area (Å²) >= 11 is 0.496. The van der Waals surface area contributed by atoms with Crippen molar-refractivity contribution in [2.75, 3.05) is 0 Å². The first kappa shape index (κ1) is 26.9. The third-order valence-corrected chi connectivity index (χ3v) is 8.08. The van der Waals surface area contributed by atoms with Crippen LogP contribution in [-0.2, 0) is 35.2 Å². The molecule has 0 radical (unpaired) electrons. The molecule has 2 atom stereocenters. The summed E-state index contributed by atoms with van der Waals surface area (Å²) in [6, 6.07) is 10.4. The van der Waals surface area contributed by atoms with Gasteiger partial charge in [-0.25, -0.2) is 0 Å². The van der Waals surface area contributed by atoms with Gasteiger partial charge in [0.05, 0.1) is 0 Å². The second kappa shape index (κ2) is 15.6. The van der Waals surface area contributed by atoms with Crippen molar-refractivity contribution in [1.29, 1.82) is 0 Å². The van der Waals surface area contributed by atoms with E-state index in [0.29, 0.717) is 19.2 Å². The van der Waals surface area contributed by atoms with E-state index in [-0.39, 0.29) is 23.4 Å². The number of carbonyl (C=O) groups excluding carboxylic acids is 2. The summed E-state index contributed by atoms with van der Waals surface area (Å²) in [7, 11) is 0. The fourth-order valence-corrected chi connectivity index (χ4v) is 6.57. The number of rotatable bonds is 12. The average molecular weight is 450 g/mol. The van der Waals surface area contributed by atoms with E-state index in [9.17, 15) is 9.59 Å². The van der Waals surface area contributed by atoms with Crippen LogP contribution in [0.1, 0.15) is 71.8 Å². The monoisotopic (exact) mass is 450 g/mol. The molecule has 2 N–H and O–H groups in total. The normalized spacial score (nSPS) is 22.2. The zero-order chi connectivity index (χ0) is 22.2. The SMILES string of the molecule is CC1(C)CC(NC=O)C(Cc2ccccc2)C(NC=O)C1.CCC[CH2][Ti][CH2]CCC. The standard InChI is InChI=1S/C17H24N2O2.2C4H9.Ti/c1-17(2)9-15(18-11-20)14(16(10-17)19-12-21)8-13-6-4-3-5-7-13;2*1-3-4-2;/h3-7,11-12,14-16H,8-10H2,1-2H3,(H,18,20)(H,19,21);2*1,3-4H2,2H3;. The van der Waals surface area contributed by atoms with Crippen molar-refractivity contribution in [3.05, 3.63) is 35.9 Å². The first-order valence-electron chi connectivity index (χ1n) is 11.6. The molecule has 2 amide bonds. The molecule has 0 saturated heterocycles. The van der Waals surface area contributed by atoms with Crippen LogP contribution in [0.25, 0.3) is 0 Å². The maximum atomic E-state index is 10.9. The van der Waals surface area contributed by atoms with Gasteiger partial charge in [-0.2, -0.15) is 0 Å². The van der Waals surface area contributed by atoms with Gasteiger partial charge in [-0.15, -0.1) is 0 Å². The third kappa shape index (κ3) is 10.8. The number of amides is 2. The molecule has 2 rings (SSSR count). The van der Waals surface area contributed by atoms with Crippen molar-refractivity contribution in [1.82, 2.24) is 10.6 Å². The molecule has 30 heavy (non-hydrogen) atoms. The molecule has 1 aliphatic rings. The molecule has 0 heterocycles. The Morgan fingerprint density at radius 2 is 1.43 bits per heavy atom. The van der Waals surface area contributed by atoms with Crippen LogP contribution in [0.15, 0.2) is 30.3 Å². The minimum absolute atomic E-state index is 0.0870. The van der Waals surface area contributed by atoms with Crippen LogP contribution in [0.2, 0.25) is 9.45 Å². The van der Waals surface area contributed by atoms with Gasteiger partial charge in [0.25, 0.3) is 0 Å². The van der Waals surface area contributed by atoms with E-state index in [4.69, 9.17) is 0 Å². The van der Waals surface area contributed by atoms with Crippen molar-refractivity contribution in [2.45, 2.75) is 94.2 Å². The van der Waals surface area contributed by atoms with E-state index < -0.39 is 0 Å². The predicted octanol–water partition coefficient (Wildman–Crippen LogP) is 5.40. The zero-order valence-corrected chi connectivity index (χ0v) is 21.0. The van der Waals surface area contributed by atoms with E-state index in [1.807, 2.05) is 18.2 Å². The van der Waals surface area contributed by atoms with Gasteiger partial charge in [-0.3, -0.25) is 9.59 Å². The van der Waals surface area contributed by atoms with E-state index >= 15 is 0 Å². The molecule has 0 aromatic heterocycles. The van der Waals surface area contributed by atoms with Crippen molar-refractivity contribution in [2.24, 2.45) is 11.3 Å². The summed E-state index contributed by atoms with van der Waals surface area (Å²) in [6.07, 6.45) is 10.1. The van der Waals surface area contributed by atoms with E-state index in [2.05, 4.69) is 50.5 Å². The Kier molecular flexibility index (Phi) is 14.0. The van der Waals surface area contributed by atoms with E-state index in [1.165, 1.54) is 31.2 Å². The molecule has 0 spiro atoms. The van der Waals surface area contributed by atoms with Crippen LogP contribution >= 0.6 is 0 Å². The quantitative estimate of drug-likeness (QED) is 0.255. The molecule has 5 heteroatoms. The molecule has 1 saturated carbocycles. The second-order valence-corrected chi connectivity index (χ2v) is 11.5. The molecular formula is C25H42N2O2Ti. The molecule has 1 fully saturated rings. The second-order valence-electron chi connectivity index (χ2n) is 9.17. The Hall–Kier alpha value is -1.13. The van der Waals surface area contributed by atoms with Crippen molar-refractivity contribution >= 4 is 12.8 Å². The van der Waals surface area contributed by atoms with Gasteiger partial charge in [0.1, 0.15) is 0 Å². The van der Waals surface area contributed by atoms with Gasteiger partial charge < -0.3 is 10.6 Å². The molecule has 0 bridgehead atoms. The van der Waals surface area contributed by atoms with Crippen LogP contribution in [0.3, 0.4) is 0 Å². The average Bonchev–Trinajstić information content (AvgIpc) is 2.72. The number of carbonyl (C=O) groups is 2. The van der Waals surface area contributed by atoms with Gasteiger partial charge in [0, 0.05) is 18.0 Å². The summed E-state index contributed by atoms with van der Waals surface area (Å²) in [4.78, 5) is 21.9. The summed E-state index contributed by atoms with van der Waals surface area (Å²) in [5.74, 6) is 0.218. The third-order valence-electron chi connectivity index (χ3n) is 5.87. The Morgan fingerprint density at radius 3 is 1.87 bits per heavy atom. The molecule has 1 aromatic carbocycles. The van der Waals surface area contributed by atoms with Crippen LogP contribution in [-0.4, -0.2) is 24.9 Å². The molecule has 2 unspecified atom stereocenters. The number of nitrogens with one attached hydrogen (secondary N) is 2. The Bertz CT molecular complexity index is 552. The number of hydrogen-bond acceptors (Lipinski definition) is 2. The van der Waals surface area contributed by atoms with Gasteiger partial charge in [-0.1, -0.05) is 44.2 Å². The molecular weight excluding hydrogens is 408 g/mol. The number of benzene rings is 1. The maximum absolute atomic E-state index is 10.9. The molecule has 1 aliphatic carbocycles. The van der Waals surface area contributed by atoms with Crippen molar-refractivity contribution < 1.29 is 28.7 Å². The Morgan fingerprint density at radius 1 is 0.933 bits per heavy atom. The summed E-state index contributed by atoms with van der Waals surface area (Å²) in [6.45, 7) is 8.94. The fraction of sp³-hybridized carbons (Fsp3) is 0.680. The predicted molar refractivity (Wildman–Crippen MR) is 122 cm³/mol. The molecule has 0 aliphatic heterocycles.